The van der Waals surface area contributed by atoms with Gasteiger partial charge in [-0.1, -0.05) is 12.2 Å². The van der Waals surface area contributed by atoms with E-state index in [1.54, 1.807) is 6.92 Å². The molecule has 0 radical (unpaired) electrons. The lowest BCUT2D eigenvalue weighted by atomic mass is 10.2. The maximum absolute atomic E-state index is 10.9. The van der Waals surface area contributed by atoms with Crippen molar-refractivity contribution in [1.82, 2.24) is 0 Å². The van der Waals surface area contributed by atoms with Crippen LogP contribution in [0.25, 0.3) is 0 Å². The molecule has 0 bridgehead atoms. The first-order chi connectivity index (χ1) is 6.04. The molecular weight excluding hydrogens is 192 g/mol. The van der Waals surface area contributed by atoms with Gasteiger partial charge >= 0.3 is 5.97 Å². The van der Waals surface area contributed by atoms with E-state index in [1.807, 2.05) is 0 Å². The lowest BCUT2D eigenvalue weighted by molar-refractivity contribution is -0.141. The van der Waals surface area contributed by atoms with Crippen molar-refractivity contribution < 1.29 is 19.4 Å². The van der Waals surface area contributed by atoms with E-state index in [-0.39, 0.29) is 12.2 Å². The van der Waals surface area contributed by atoms with Crippen LogP contribution in [0.15, 0.2) is 11.3 Å². The summed E-state index contributed by atoms with van der Waals surface area (Å²) in [6.45, 7) is 2.93. The molecule has 0 rings (SSSR count). The van der Waals surface area contributed by atoms with E-state index in [0.29, 0.717) is 0 Å². The van der Waals surface area contributed by atoms with Gasteiger partial charge in [0, 0.05) is 5.37 Å². The van der Waals surface area contributed by atoms with Crippen molar-refractivity contribution in [2.45, 2.75) is 13.8 Å². The second-order valence-electron chi connectivity index (χ2n) is 2.16. The van der Waals surface area contributed by atoms with Crippen LogP contribution in [0.2, 0.25) is 0 Å². The molecule has 0 aliphatic rings. The van der Waals surface area contributed by atoms with Gasteiger partial charge in [0.15, 0.2) is 5.78 Å². The van der Waals surface area contributed by atoms with Crippen molar-refractivity contribution in [1.29, 1.82) is 0 Å². The molecule has 1 N–H and O–H groups in total. The van der Waals surface area contributed by atoms with Gasteiger partial charge in [-0.2, -0.15) is 0 Å². The van der Waals surface area contributed by atoms with Crippen LogP contribution < -0.4 is 0 Å². The molecule has 0 aromatic carbocycles. The average Bonchev–Trinajstić information content (AvgIpc) is 2.05. The van der Waals surface area contributed by atoms with Gasteiger partial charge in [0.1, 0.15) is 0 Å². The third-order valence-electron chi connectivity index (χ3n) is 1.22. The van der Waals surface area contributed by atoms with Crippen LogP contribution in [-0.2, 0) is 14.3 Å². The van der Waals surface area contributed by atoms with E-state index >= 15 is 0 Å². The van der Waals surface area contributed by atoms with Crippen LogP contribution in [-0.4, -0.2) is 28.8 Å². The number of carbonyl (C=O) groups is 2. The SMILES string of the molecule is CCOC(=O)C(O)=C(C=S)C(C)=O. The second kappa shape index (κ2) is 5.42. The van der Waals surface area contributed by atoms with Crippen LogP contribution in [0.5, 0.6) is 0 Å². The number of aliphatic hydroxyl groups is 1. The molecule has 0 spiro atoms. The van der Waals surface area contributed by atoms with Gasteiger partial charge in [0.2, 0.25) is 5.76 Å². The monoisotopic (exact) mass is 202 g/mol. The van der Waals surface area contributed by atoms with Crippen molar-refractivity contribution in [3.8, 4) is 0 Å². The zero-order valence-corrected chi connectivity index (χ0v) is 8.18. The maximum atomic E-state index is 10.9. The molecule has 0 amide bonds. The Morgan fingerprint density at radius 1 is 1.54 bits per heavy atom. The third-order valence-corrected chi connectivity index (χ3v) is 1.46. The fourth-order valence-electron chi connectivity index (χ4n) is 0.615. The van der Waals surface area contributed by atoms with E-state index in [1.165, 1.54) is 6.92 Å². The molecular formula is C8H10O4S. The van der Waals surface area contributed by atoms with Gasteiger partial charge in [-0.25, -0.2) is 4.79 Å². The number of hydrogen-bond donors (Lipinski definition) is 1. The average molecular weight is 202 g/mol. The van der Waals surface area contributed by atoms with E-state index in [9.17, 15) is 9.59 Å². The summed E-state index contributed by atoms with van der Waals surface area (Å²) in [5.74, 6) is -2.14. The van der Waals surface area contributed by atoms with Gasteiger partial charge in [-0.3, -0.25) is 4.79 Å². The van der Waals surface area contributed by atoms with Crippen molar-refractivity contribution in [3.05, 3.63) is 11.3 Å². The fraction of sp³-hybridized carbons (Fsp3) is 0.375. The molecule has 0 aromatic rings. The topological polar surface area (TPSA) is 63.6 Å². The highest BCUT2D eigenvalue weighted by Gasteiger charge is 2.16. The number of carbonyl (C=O) groups excluding carboxylic acids is 2. The molecule has 4 nitrogen and oxygen atoms in total. The predicted octanol–water partition coefficient (Wildman–Crippen LogP) is 0.950. The number of allylic oxidation sites excluding steroid dienone is 1. The zero-order valence-electron chi connectivity index (χ0n) is 7.36. The molecule has 0 heterocycles. The van der Waals surface area contributed by atoms with Crippen LogP contribution in [0.3, 0.4) is 0 Å². The first-order valence-corrected chi connectivity index (χ1v) is 4.08. The standard InChI is InChI=1S/C8H10O4S/c1-3-12-8(11)7(10)6(4-13)5(2)9/h4,10H,3H2,1-2H3. The molecule has 0 unspecified atom stereocenters. The molecule has 0 saturated heterocycles. The fourth-order valence-corrected chi connectivity index (χ4v) is 0.893. The summed E-state index contributed by atoms with van der Waals surface area (Å²) in [5.41, 5.74) is -0.201. The highest BCUT2D eigenvalue weighted by molar-refractivity contribution is 7.79. The second-order valence-corrected chi connectivity index (χ2v) is 2.39. The Morgan fingerprint density at radius 3 is 2.38 bits per heavy atom. The Balaban J connectivity index is 4.85. The van der Waals surface area contributed by atoms with Gasteiger partial charge in [-0.15, -0.1) is 0 Å². The van der Waals surface area contributed by atoms with E-state index in [2.05, 4.69) is 17.0 Å². The van der Waals surface area contributed by atoms with Crippen molar-refractivity contribution in [2.24, 2.45) is 0 Å². The largest absolute Gasteiger partial charge is 0.501 e. The van der Waals surface area contributed by atoms with Gasteiger partial charge in [0.05, 0.1) is 12.2 Å². The summed E-state index contributed by atoms with van der Waals surface area (Å²) in [5, 5.41) is 10.1. The van der Waals surface area contributed by atoms with Gasteiger partial charge < -0.3 is 9.84 Å². The molecule has 0 fully saturated rings. The number of ketones is 1. The summed E-state index contributed by atoms with van der Waals surface area (Å²) >= 11 is 4.46. The van der Waals surface area contributed by atoms with Crippen molar-refractivity contribution in [3.63, 3.8) is 0 Å². The maximum Gasteiger partial charge on any atom is 0.374 e. The van der Waals surface area contributed by atoms with Crippen LogP contribution in [0, 0.1) is 0 Å². The molecule has 5 heteroatoms. The minimum Gasteiger partial charge on any atom is -0.501 e. The van der Waals surface area contributed by atoms with Crippen molar-refractivity contribution in [2.75, 3.05) is 6.61 Å². The summed E-state index contributed by atoms with van der Waals surface area (Å²) in [6.07, 6.45) is 0. The number of aliphatic hydroxyl groups excluding tert-OH is 1. The van der Waals surface area contributed by atoms with Crippen LogP contribution in [0.1, 0.15) is 13.8 Å². The quantitative estimate of drug-likeness (QED) is 0.318. The van der Waals surface area contributed by atoms with E-state index in [0.717, 1.165) is 5.37 Å². The highest BCUT2D eigenvalue weighted by Crippen LogP contribution is 2.03. The summed E-state index contributed by atoms with van der Waals surface area (Å²) < 4.78 is 4.47. The molecule has 0 aromatic heterocycles. The summed E-state index contributed by atoms with van der Waals surface area (Å²) in [7, 11) is 0. The molecule has 0 atom stereocenters. The predicted molar refractivity (Wildman–Crippen MR) is 50.6 cm³/mol. The van der Waals surface area contributed by atoms with Gasteiger partial charge in [0.25, 0.3) is 0 Å². The number of esters is 1. The Kier molecular flexibility index (Phi) is 4.91. The normalized spacial score (nSPS) is 11.5. The Morgan fingerprint density at radius 2 is 2.08 bits per heavy atom. The molecule has 0 aliphatic heterocycles. The van der Waals surface area contributed by atoms with Crippen molar-refractivity contribution >= 4 is 29.3 Å². The molecule has 0 saturated carbocycles. The number of Topliss-reactive ketones (excluding diaryl/α,β-unsaturated/α-hetero) is 1. The number of hydrogen-bond acceptors (Lipinski definition) is 5. The van der Waals surface area contributed by atoms with E-state index < -0.39 is 17.5 Å². The number of ether oxygens (including phenoxy) is 1. The minimum atomic E-state index is -0.936. The lowest BCUT2D eigenvalue weighted by Crippen LogP contribution is -2.13. The molecule has 0 aliphatic carbocycles. The van der Waals surface area contributed by atoms with Crippen LogP contribution in [0.4, 0.5) is 0 Å². The highest BCUT2D eigenvalue weighted by atomic mass is 32.1. The van der Waals surface area contributed by atoms with E-state index in [4.69, 9.17) is 5.11 Å². The summed E-state index contributed by atoms with van der Waals surface area (Å²) in [4.78, 5) is 21.7. The number of thiocarbonyl (C=S) groups is 1. The van der Waals surface area contributed by atoms with Crippen LogP contribution >= 0.6 is 12.2 Å². The zero-order chi connectivity index (χ0) is 10.4. The first-order valence-electron chi connectivity index (χ1n) is 3.61. The Bertz CT molecular complexity index is 267. The smallest absolute Gasteiger partial charge is 0.374 e. The van der Waals surface area contributed by atoms with Gasteiger partial charge in [-0.05, 0) is 13.8 Å². The summed E-state index contributed by atoms with van der Waals surface area (Å²) in [6, 6.07) is 0. The lowest BCUT2D eigenvalue weighted by Gasteiger charge is -2.02. The Hall–Kier alpha value is -1.23. The minimum absolute atomic E-state index is 0.130. The molecule has 13 heavy (non-hydrogen) atoms. The Labute approximate surface area is 81.2 Å². The number of rotatable bonds is 4. The first kappa shape index (κ1) is 11.8. The third kappa shape index (κ3) is 3.33. The molecule has 72 valence electrons.